The molecule has 2 atom stereocenters. The van der Waals surface area contributed by atoms with Crippen molar-refractivity contribution in [1.82, 2.24) is 15.1 Å². The number of rotatable bonds is 10. The van der Waals surface area contributed by atoms with Crippen molar-refractivity contribution < 1.29 is 0 Å². The highest BCUT2D eigenvalue weighted by atomic mass is 15.1. The number of hydrogen-bond acceptors (Lipinski definition) is 3. The van der Waals surface area contributed by atoms with Gasteiger partial charge in [-0.25, -0.2) is 0 Å². The maximum atomic E-state index is 3.54. The fourth-order valence-corrected chi connectivity index (χ4v) is 3.57. The van der Waals surface area contributed by atoms with Gasteiger partial charge in [0.15, 0.2) is 0 Å². The van der Waals surface area contributed by atoms with Gasteiger partial charge in [-0.05, 0) is 65.0 Å². The van der Waals surface area contributed by atoms with Gasteiger partial charge in [0.25, 0.3) is 0 Å². The van der Waals surface area contributed by atoms with Crippen LogP contribution in [0.1, 0.15) is 52.9 Å². The van der Waals surface area contributed by atoms with Crippen LogP contribution in [0.5, 0.6) is 0 Å². The van der Waals surface area contributed by atoms with Gasteiger partial charge in [0.05, 0.1) is 0 Å². The predicted octanol–water partition coefficient (Wildman–Crippen LogP) is 2.82. The van der Waals surface area contributed by atoms with E-state index in [1.54, 1.807) is 0 Å². The minimum Gasteiger partial charge on any atom is -0.317 e. The Hall–Kier alpha value is -0.120. The molecule has 0 radical (unpaired) electrons. The van der Waals surface area contributed by atoms with Crippen molar-refractivity contribution in [1.29, 1.82) is 0 Å². The molecule has 0 saturated heterocycles. The lowest BCUT2D eigenvalue weighted by Crippen LogP contribution is -2.43. The summed E-state index contributed by atoms with van der Waals surface area (Å²) in [4.78, 5) is 5.20. The van der Waals surface area contributed by atoms with Crippen molar-refractivity contribution in [3.63, 3.8) is 0 Å². The molecule has 120 valence electrons. The van der Waals surface area contributed by atoms with Gasteiger partial charge in [-0.1, -0.05) is 33.6 Å². The molecule has 0 aromatic carbocycles. The molecule has 1 saturated carbocycles. The molecule has 1 fully saturated rings. The normalized spacial score (nSPS) is 23.7. The third-order valence-electron chi connectivity index (χ3n) is 5.06. The second-order valence-electron chi connectivity index (χ2n) is 6.21. The molecule has 1 N–H and O–H groups in total. The van der Waals surface area contributed by atoms with Crippen LogP contribution in [0.4, 0.5) is 0 Å². The second kappa shape index (κ2) is 10.6. The lowest BCUT2D eigenvalue weighted by Gasteiger charge is -2.35. The van der Waals surface area contributed by atoms with E-state index >= 15 is 0 Å². The fourth-order valence-electron chi connectivity index (χ4n) is 3.57. The van der Waals surface area contributed by atoms with Crippen LogP contribution < -0.4 is 5.32 Å². The van der Waals surface area contributed by atoms with Crippen LogP contribution >= 0.6 is 0 Å². The zero-order valence-electron chi connectivity index (χ0n) is 14.3. The Labute approximate surface area is 127 Å². The van der Waals surface area contributed by atoms with Gasteiger partial charge in [-0.2, -0.15) is 0 Å². The summed E-state index contributed by atoms with van der Waals surface area (Å²) < 4.78 is 0. The Morgan fingerprint density at radius 3 is 2.10 bits per heavy atom. The summed E-state index contributed by atoms with van der Waals surface area (Å²) in [5.74, 6) is 0.863. The van der Waals surface area contributed by atoms with Crippen molar-refractivity contribution >= 4 is 0 Å². The van der Waals surface area contributed by atoms with E-state index in [0.29, 0.717) is 0 Å². The lowest BCUT2D eigenvalue weighted by atomic mass is 9.84. The molecule has 0 aliphatic heterocycles. The van der Waals surface area contributed by atoms with Crippen molar-refractivity contribution in [3.05, 3.63) is 0 Å². The van der Waals surface area contributed by atoms with Crippen molar-refractivity contribution in [3.8, 4) is 0 Å². The maximum absolute atomic E-state index is 3.54. The highest BCUT2D eigenvalue weighted by molar-refractivity contribution is 4.82. The third kappa shape index (κ3) is 6.11. The first-order chi connectivity index (χ1) is 9.74. The minimum atomic E-state index is 0.751. The highest BCUT2D eigenvalue weighted by Gasteiger charge is 2.25. The first-order valence-corrected chi connectivity index (χ1v) is 8.87. The van der Waals surface area contributed by atoms with Crippen LogP contribution in [0.3, 0.4) is 0 Å². The van der Waals surface area contributed by atoms with E-state index in [4.69, 9.17) is 0 Å². The average Bonchev–Trinajstić information content (AvgIpc) is 2.50. The van der Waals surface area contributed by atoms with Gasteiger partial charge in [0.1, 0.15) is 0 Å². The molecule has 0 aromatic heterocycles. The number of nitrogens with zero attached hydrogens (tertiary/aromatic N) is 2. The molecule has 1 aliphatic rings. The molecule has 3 heteroatoms. The monoisotopic (exact) mass is 283 g/mol. The lowest BCUT2D eigenvalue weighted by molar-refractivity contribution is 0.169. The molecule has 20 heavy (non-hydrogen) atoms. The highest BCUT2D eigenvalue weighted by Crippen LogP contribution is 2.25. The molecule has 0 bridgehead atoms. The molecular weight excluding hydrogens is 246 g/mol. The summed E-state index contributed by atoms with van der Waals surface area (Å²) in [7, 11) is 2.14. The molecule has 0 heterocycles. The third-order valence-corrected chi connectivity index (χ3v) is 5.06. The molecule has 0 amide bonds. The van der Waals surface area contributed by atoms with Crippen LogP contribution in [0.2, 0.25) is 0 Å². The van der Waals surface area contributed by atoms with Crippen molar-refractivity contribution in [2.24, 2.45) is 5.92 Å². The average molecular weight is 284 g/mol. The van der Waals surface area contributed by atoms with Gasteiger partial charge in [-0.15, -0.1) is 0 Å². The van der Waals surface area contributed by atoms with Gasteiger partial charge >= 0.3 is 0 Å². The summed E-state index contributed by atoms with van der Waals surface area (Å²) >= 11 is 0. The Bertz CT molecular complexity index is 228. The van der Waals surface area contributed by atoms with Crippen molar-refractivity contribution in [2.75, 3.05) is 46.3 Å². The van der Waals surface area contributed by atoms with E-state index in [1.807, 2.05) is 0 Å². The van der Waals surface area contributed by atoms with E-state index in [1.165, 1.54) is 71.4 Å². The molecule has 3 nitrogen and oxygen atoms in total. The molecular formula is C17H37N3. The van der Waals surface area contributed by atoms with Crippen LogP contribution in [0, 0.1) is 5.92 Å². The van der Waals surface area contributed by atoms with Gasteiger partial charge in [0.2, 0.25) is 0 Å². The Morgan fingerprint density at radius 2 is 1.50 bits per heavy atom. The van der Waals surface area contributed by atoms with E-state index in [0.717, 1.165) is 12.0 Å². The molecule has 1 rings (SSSR count). The quantitative estimate of drug-likeness (QED) is 0.665. The Kier molecular flexibility index (Phi) is 9.49. The molecule has 1 aliphatic carbocycles. The van der Waals surface area contributed by atoms with Gasteiger partial charge in [0, 0.05) is 12.6 Å². The van der Waals surface area contributed by atoms with E-state index < -0.39 is 0 Å². The first kappa shape index (κ1) is 17.9. The predicted molar refractivity (Wildman–Crippen MR) is 89.3 cm³/mol. The smallest absolute Gasteiger partial charge is 0.0104 e. The van der Waals surface area contributed by atoms with Crippen LogP contribution in [-0.4, -0.2) is 62.2 Å². The summed E-state index contributed by atoms with van der Waals surface area (Å²) in [5, 5.41) is 3.54. The number of nitrogens with one attached hydrogen (secondary N) is 1. The molecule has 2 unspecified atom stereocenters. The number of hydrogen-bond donors (Lipinski definition) is 1. The Balaban J connectivity index is 2.30. The first-order valence-electron chi connectivity index (χ1n) is 8.87. The van der Waals surface area contributed by atoms with Crippen LogP contribution in [-0.2, 0) is 0 Å². The van der Waals surface area contributed by atoms with Gasteiger partial charge in [-0.3, -0.25) is 0 Å². The van der Waals surface area contributed by atoms with E-state index in [2.05, 4.69) is 42.9 Å². The van der Waals surface area contributed by atoms with E-state index in [9.17, 15) is 0 Å². The minimum absolute atomic E-state index is 0.751. The summed E-state index contributed by atoms with van der Waals surface area (Å²) in [6, 6.07) is 0.751. The van der Waals surface area contributed by atoms with Gasteiger partial charge < -0.3 is 15.1 Å². The maximum Gasteiger partial charge on any atom is 0.0104 e. The zero-order valence-corrected chi connectivity index (χ0v) is 14.3. The van der Waals surface area contributed by atoms with Crippen LogP contribution in [0.15, 0.2) is 0 Å². The standard InChI is InChI=1S/C17H37N3/c1-5-19(6-2)13-10-14-20(7-3)15-16-11-8-9-12-17(16)18-4/h16-18H,5-15H2,1-4H3. The van der Waals surface area contributed by atoms with Crippen LogP contribution in [0.25, 0.3) is 0 Å². The topological polar surface area (TPSA) is 18.5 Å². The fraction of sp³-hybridized carbons (Fsp3) is 1.00. The van der Waals surface area contributed by atoms with E-state index in [-0.39, 0.29) is 0 Å². The largest absolute Gasteiger partial charge is 0.317 e. The molecule has 0 aromatic rings. The second-order valence-corrected chi connectivity index (χ2v) is 6.21. The van der Waals surface area contributed by atoms with Crippen molar-refractivity contribution in [2.45, 2.75) is 58.9 Å². The summed E-state index contributed by atoms with van der Waals surface area (Å²) in [6.45, 7) is 14.2. The Morgan fingerprint density at radius 1 is 0.900 bits per heavy atom. The molecule has 0 spiro atoms. The summed E-state index contributed by atoms with van der Waals surface area (Å²) in [5.41, 5.74) is 0. The zero-order chi connectivity index (χ0) is 14.8. The SMILES string of the molecule is CCN(CC)CCCN(CC)CC1CCCCC1NC. The summed E-state index contributed by atoms with van der Waals surface area (Å²) in [6.07, 6.45) is 6.94.